The zero-order chi connectivity index (χ0) is 14.0. The third-order valence-electron chi connectivity index (χ3n) is 3.49. The van der Waals surface area contributed by atoms with Gasteiger partial charge in [0.1, 0.15) is 0 Å². The molecule has 0 saturated carbocycles. The molecule has 0 amide bonds. The largest absolute Gasteiger partial charge is 0.388 e. The fourth-order valence-electron chi connectivity index (χ4n) is 2.26. The number of hydrogen-bond donors (Lipinski definition) is 1. The van der Waals surface area contributed by atoms with Crippen molar-refractivity contribution in [3.63, 3.8) is 0 Å². The minimum atomic E-state index is -0.398. The Morgan fingerprint density at radius 1 is 1.21 bits per heavy atom. The van der Waals surface area contributed by atoms with E-state index in [0.29, 0.717) is 0 Å². The van der Waals surface area contributed by atoms with Crippen LogP contribution >= 0.6 is 11.3 Å². The van der Waals surface area contributed by atoms with Crippen molar-refractivity contribution < 1.29 is 5.11 Å². The van der Waals surface area contributed by atoms with Crippen molar-refractivity contribution in [1.29, 1.82) is 0 Å². The molecule has 1 unspecified atom stereocenters. The first-order valence-corrected chi connectivity index (χ1v) is 7.47. The van der Waals surface area contributed by atoms with Crippen molar-refractivity contribution in [2.45, 2.75) is 46.6 Å². The van der Waals surface area contributed by atoms with E-state index in [2.05, 4.69) is 37.9 Å². The second-order valence-corrected chi connectivity index (χ2v) is 6.45. The van der Waals surface area contributed by atoms with E-state index in [0.717, 1.165) is 29.1 Å². The number of nitrogens with zero attached hydrogens (tertiary/aromatic N) is 1. The summed E-state index contributed by atoms with van der Waals surface area (Å²) >= 11 is 1.74. The number of aryl methyl sites for hydroxylation is 5. The maximum Gasteiger partial charge on any atom is 0.0931 e. The van der Waals surface area contributed by atoms with Gasteiger partial charge >= 0.3 is 0 Å². The highest BCUT2D eigenvalue weighted by Gasteiger charge is 2.12. The number of aliphatic hydroxyl groups excluding tert-OH is 1. The van der Waals surface area contributed by atoms with Crippen molar-refractivity contribution in [2.24, 2.45) is 0 Å². The molecule has 2 nitrogen and oxygen atoms in total. The Hall–Kier alpha value is -1.19. The third-order valence-corrected chi connectivity index (χ3v) is 4.62. The smallest absolute Gasteiger partial charge is 0.0931 e. The summed E-state index contributed by atoms with van der Waals surface area (Å²) in [6, 6.07) is 6.22. The molecule has 19 heavy (non-hydrogen) atoms. The Morgan fingerprint density at radius 2 is 1.95 bits per heavy atom. The summed E-state index contributed by atoms with van der Waals surface area (Å²) in [6.45, 7) is 8.26. The van der Waals surface area contributed by atoms with E-state index < -0.39 is 6.10 Å². The summed E-state index contributed by atoms with van der Waals surface area (Å²) in [5.41, 5.74) is 4.55. The molecule has 0 aliphatic heterocycles. The first-order chi connectivity index (χ1) is 8.97. The van der Waals surface area contributed by atoms with Crippen LogP contribution in [0.1, 0.15) is 44.8 Å². The van der Waals surface area contributed by atoms with Crippen LogP contribution in [0.25, 0.3) is 0 Å². The van der Waals surface area contributed by atoms with Gasteiger partial charge in [-0.15, -0.1) is 11.3 Å². The van der Waals surface area contributed by atoms with Crippen LogP contribution in [-0.2, 0) is 6.42 Å². The van der Waals surface area contributed by atoms with Gasteiger partial charge < -0.3 is 5.11 Å². The van der Waals surface area contributed by atoms with E-state index >= 15 is 0 Å². The van der Waals surface area contributed by atoms with E-state index in [1.165, 1.54) is 16.0 Å². The lowest BCUT2D eigenvalue weighted by Crippen LogP contribution is -2.02. The molecule has 1 atom stereocenters. The molecule has 1 aromatic heterocycles. The van der Waals surface area contributed by atoms with Gasteiger partial charge in [-0.05, 0) is 45.2 Å². The molecular formula is C16H21NOS. The predicted molar refractivity (Wildman–Crippen MR) is 80.8 cm³/mol. The molecule has 102 valence electrons. The maximum atomic E-state index is 10.3. The monoisotopic (exact) mass is 275 g/mol. The minimum Gasteiger partial charge on any atom is -0.388 e. The average molecular weight is 275 g/mol. The molecule has 1 aromatic carbocycles. The molecule has 0 saturated heterocycles. The normalized spacial score (nSPS) is 12.7. The second-order valence-electron chi connectivity index (χ2n) is 5.16. The van der Waals surface area contributed by atoms with Crippen LogP contribution in [0, 0.1) is 27.7 Å². The van der Waals surface area contributed by atoms with Gasteiger partial charge in [0, 0.05) is 11.3 Å². The van der Waals surface area contributed by atoms with Crippen molar-refractivity contribution in [3.8, 4) is 0 Å². The van der Waals surface area contributed by atoms with E-state index in [1.807, 2.05) is 13.0 Å². The number of aromatic nitrogens is 1. The number of thiazole rings is 1. The van der Waals surface area contributed by atoms with Gasteiger partial charge in [0.25, 0.3) is 0 Å². The van der Waals surface area contributed by atoms with Gasteiger partial charge in [0.2, 0.25) is 0 Å². The highest BCUT2D eigenvalue weighted by atomic mass is 32.1. The quantitative estimate of drug-likeness (QED) is 0.913. The molecule has 0 aliphatic carbocycles. The lowest BCUT2D eigenvalue weighted by atomic mass is 9.98. The Bertz CT molecular complexity index is 555. The van der Waals surface area contributed by atoms with Gasteiger partial charge in [-0.1, -0.05) is 23.8 Å². The summed E-state index contributed by atoms with van der Waals surface area (Å²) in [5.74, 6) is 0. The molecule has 0 fully saturated rings. The van der Waals surface area contributed by atoms with Gasteiger partial charge in [0.05, 0.1) is 16.8 Å². The van der Waals surface area contributed by atoms with E-state index in [9.17, 15) is 5.11 Å². The van der Waals surface area contributed by atoms with Crippen molar-refractivity contribution in [2.75, 3.05) is 0 Å². The molecule has 3 heteroatoms. The number of rotatable bonds is 4. The van der Waals surface area contributed by atoms with E-state index in [-0.39, 0.29) is 0 Å². The second kappa shape index (κ2) is 5.85. The molecule has 0 radical (unpaired) electrons. The summed E-state index contributed by atoms with van der Waals surface area (Å²) in [4.78, 5) is 5.79. The zero-order valence-electron chi connectivity index (χ0n) is 12.0. The summed E-state index contributed by atoms with van der Waals surface area (Å²) in [5, 5.41) is 11.4. The highest BCUT2D eigenvalue weighted by Crippen LogP contribution is 2.25. The fraction of sp³-hybridized carbons (Fsp3) is 0.438. The third kappa shape index (κ3) is 3.43. The van der Waals surface area contributed by atoms with Crippen LogP contribution in [-0.4, -0.2) is 10.1 Å². The number of aliphatic hydroxyl groups is 1. The van der Waals surface area contributed by atoms with Crippen LogP contribution < -0.4 is 0 Å². The van der Waals surface area contributed by atoms with Crippen molar-refractivity contribution in [1.82, 2.24) is 4.98 Å². The van der Waals surface area contributed by atoms with Gasteiger partial charge in [-0.25, -0.2) is 4.98 Å². The Labute approximate surface area is 119 Å². The zero-order valence-corrected chi connectivity index (χ0v) is 12.8. The van der Waals surface area contributed by atoms with E-state index in [4.69, 9.17) is 0 Å². The molecule has 2 aromatic rings. The highest BCUT2D eigenvalue weighted by molar-refractivity contribution is 7.11. The fourth-order valence-corrected chi connectivity index (χ4v) is 3.21. The molecular weight excluding hydrogens is 254 g/mol. The van der Waals surface area contributed by atoms with Crippen molar-refractivity contribution in [3.05, 3.63) is 50.5 Å². The van der Waals surface area contributed by atoms with Gasteiger partial charge in [-0.3, -0.25) is 0 Å². The lowest BCUT2D eigenvalue weighted by Gasteiger charge is -2.13. The van der Waals surface area contributed by atoms with Crippen LogP contribution in [0.2, 0.25) is 0 Å². The maximum absolute atomic E-state index is 10.3. The molecule has 0 bridgehead atoms. The summed E-state index contributed by atoms with van der Waals surface area (Å²) in [6.07, 6.45) is 1.18. The molecule has 1 heterocycles. The Balaban J connectivity index is 2.03. The standard InChI is InChI=1S/C16H21NOS/c1-10-5-6-14(11(2)9-10)15(18)7-8-16-17-12(3)13(4)19-16/h5-6,9,15,18H,7-8H2,1-4H3. The SMILES string of the molecule is Cc1ccc(C(O)CCc2nc(C)c(C)s2)c(C)c1. The van der Waals surface area contributed by atoms with Gasteiger partial charge in [0.15, 0.2) is 0 Å². The molecule has 1 N–H and O–H groups in total. The summed E-state index contributed by atoms with van der Waals surface area (Å²) < 4.78 is 0. The predicted octanol–water partition coefficient (Wildman–Crippen LogP) is 4.04. The van der Waals surface area contributed by atoms with Crippen LogP contribution in [0.3, 0.4) is 0 Å². The van der Waals surface area contributed by atoms with Gasteiger partial charge in [-0.2, -0.15) is 0 Å². The lowest BCUT2D eigenvalue weighted by molar-refractivity contribution is 0.167. The Morgan fingerprint density at radius 3 is 2.53 bits per heavy atom. The summed E-state index contributed by atoms with van der Waals surface area (Å²) in [7, 11) is 0. The van der Waals surface area contributed by atoms with E-state index in [1.54, 1.807) is 11.3 Å². The first-order valence-electron chi connectivity index (χ1n) is 6.65. The molecule has 0 spiro atoms. The molecule has 2 rings (SSSR count). The average Bonchev–Trinajstić information content (AvgIpc) is 2.66. The first kappa shape index (κ1) is 14.2. The number of hydrogen-bond acceptors (Lipinski definition) is 3. The Kier molecular flexibility index (Phi) is 4.38. The molecule has 0 aliphatic rings. The number of benzene rings is 1. The van der Waals surface area contributed by atoms with Crippen molar-refractivity contribution >= 4 is 11.3 Å². The van der Waals surface area contributed by atoms with Crippen LogP contribution in [0.5, 0.6) is 0 Å². The van der Waals surface area contributed by atoms with Crippen LogP contribution in [0.4, 0.5) is 0 Å². The topological polar surface area (TPSA) is 33.1 Å². The van der Waals surface area contributed by atoms with Crippen LogP contribution in [0.15, 0.2) is 18.2 Å². The minimum absolute atomic E-state index is 0.398.